The normalized spacial score (nSPS) is 11.1. The van der Waals surface area contributed by atoms with Crippen molar-refractivity contribution in [2.45, 2.75) is 19.3 Å². The van der Waals surface area contributed by atoms with Gasteiger partial charge in [-0.15, -0.1) is 11.3 Å². The van der Waals surface area contributed by atoms with Crippen LogP contribution in [-0.4, -0.2) is 18.4 Å². The quantitative estimate of drug-likeness (QED) is 0.742. The Balaban J connectivity index is 2.58. The number of nitrogens with one attached hydrogen (secondary N) is 1. The van der Waals surface area contributed by atoms with Gasteiger partial charge in [0.05, 0.1) is 0 Å². The van der Waals surface area contributed by atoms with Gasteiger partial charge in [-0.1, -0.05) is 19.9 Å². The predicted octanol–water partition coefficient (Wildman–Crippen LogP) is 0.627. The van der Waals surface area contributed by atoms with E-state index in [1.807, 2.05) is 31.4 Å². The summed E-state index contributed by atoms with van der Waals surface area (Å²) in [5.41, 5.74) is 4.65. The Hall–Kier alpha value is -1.36. The third kappa shape index (κ3) is 3.06. The van der Waals surface area contributed by atoms with Crippen molar-refractivity contribution in [3.63, 3.8) is 0 Å². The molecule has 0 unspecified atom stereocenters. The zero-order valence-electron chi connectivity index (χ0n) is 8.74. The van der Waals surface area contributed by atoms with Crippen LogP contribution in [0.5, 0.6) is 0 Å². The molecule has 1 heterocycles. The minimum atomic E-state index is -0.947. The number of rotatable bonds is 3. The van der Waals surface area contributed by atoms with E-state index in [1.165, 1.54) is 0 Å². The number of hydrogen-bond acceptors (Lipinski definition) is 3. The van der Waals surface area contributed by atoms with Crippen molar-refractivity contribution in [3.05, 3.63) is 22.4 Å². The molecule has 0 aliphatic heterocycles. The summed E-state index contributed by atoms with van der Waals surface area (Å²) in [6.07, 6.45) is 0. The van der Waals surface area contributed by atoms with E-state index < -0.39 is 11.8 Å². The number of nitrogens with two attached hydrogens (primary N) is 1. The highest BCUT2D eigenvalue weighted by Crippen LogP contribution is 2.26. The molecule has 0 bridgehead atoms. The lowest BCUT2D eigenvalue weighted by Gasteiger charge is -2.23. The minimum Gasteiger partial charge on any atom is -0.361 e. The maximum Gasteiger partial charge on any atom is 0.309 e. The average molecular weight is 226 g/mol. The van der Waals surface area contributed by atoms with Crippen molar-refractivity contribution in [2.24, 2.45) is 5.73 Å². The van der Waals surface area contributed by atoms with Gasteiger partial charge in [-0.25, -0.2) is 0 Å². The second-order valence-corrected chi connectivity index (χ2v) is 4.86. The topological polar surface area (TPSA) is 72.2 Å². The van der Waals surface area contributed by atoms with Crippen LogP contribution in [0.25, 0.3) is 0 Å². The molecule has 5 heteroatoms. The van der Waals surface area contributed by atoms with Crippen LogP contribution < -0.4 is 11.1 Å². The Morgan fingerprint density at radius 1 is 1.53 bits per heavy atom. The summed E-state index contributed by atoms with van der Waals surface area (Å²) in [5.74, 6) is -1.68. The third-order valence-electron chi connectivity index (χ3n) is 2.10. The molecule has 3 N–H and O–H groups in total. The number of carbonyl (C=O) groups excluding carboxylic acids is 2. The van der Waals surface area contributed by atoms with Crippen molar-refractivity contribution in [1.82, 2.24) is 5.32 Å². The molecular weight excluding hydrogens is 212 g/mol. The van der Waals surface area contributed by atoms with Crippen LogP contribution in [0.1, 0.15) is 18.7 Å². The van der Waals surface area contributed by atoms with Crippen LogP contribution >= 0.6 is 11.3 Å². The molecule has 1 rings (SSSR count). The van der Waals surface area contributed by atoms with Crippen molar-refractivity contribution in [2.75, 3.05) is 6.54 Å². The van der Waals surface area contributed by atoms with Crippen LogP contribution in [0.2, 0.25) is 0 Å². The first kappa shape index (κ1) is 11.7. The van der Waals surface area contributed by atoms with Gasteiger partial charge in [0.1, 0.15) is 0 Å². The molecule has 0 saturated heterocycles. The fraction of sp³-hybridized carbons (Fsp3) is 0.400. The van der Waals surface area contributed by atoms with E-state index in [2.05, 4.69) is 5.32 Å². The lowest BCUT2D eigenvalue weighted by Crippen LogP contribution is -2.42. The molecule has 0 atom stereocenters. The molecular formula is C10H14N2O2S. The summed E-state index contributed by atoms with van der Waals surface area (Å²) < 4.78 is 0. The van der Waals surface area contributed by atoms with E-state index in [0.717, 1.165) is 4.88 Å². The summed E-state index contributed by atoms with van der Waals surface area (Å²) in [6.45, 7) is 4.40. The first-order chi connectivity index (χ1) is 6.93. The molecule has 15 heavy (non-hydrogen) atoms. The van der Waals surface area contributed by atoms with E-state index in [4.69, 9.17) is 5.73 Å². The molecule has 0 radical (unpaired) electrons. The first-order valence-corrected chi connectivity index (χ1v) is 5.43. The summed E-state index contributed by atoms with van der Waals surface area (Å²) in [6, 6.07) is 3.96. The van der Waals surface area contributed by atoms with Gasteiger partial charge in [0.2, 0.25) is 0 Å². The number of carbonyl (C=O) groups is 2. The molecule has 0 spiro atoms. The van der Waals surface area contributed by atoms with Gasteiger partial charge in [0.25, 0.3) is 0 Å². The minimum absolute atomic E-state index is 0.181. The van der Waals surface area contributed by atoms with Crippen LogP contribution in [-0.2, 0) is 15.0 Å². The molecule has 0 aliphatic carbocycles. The van der Waals surface area contributed by atoms with Crippen molar-refractivity contribution in [1.29, 1.82) is 0 Å². The van der Waals surface area contributed by atoms with Crippen LogP contribution in [0, 0.1) is 0 Å². The average Bonchev–Trinajstić information content (AvgIpc) is 2.67. The van der Waals surface area contributed by atoms with E-state index in [0.29, 0.717) is 6.54 Å². The van der Waals surface area contributed by atoms with Crippen LogP contribution in [0.15, 0.2) is 17.5 Å². The highest BCUT2D eigenvalue weighted by Gasteiger charge is 2.23. The lowest BCUT2D eigenvalue weighted by molar-refractivity contribution is -0.137. The zero-order valence-corrected chi connectivity index (χ0v) is 9.56. The second kappa shape index (κ2) is 4.44. The molecule has 0 aliphatic rings. The molecule has 1 aromatic heterocycles. The molecule has 0 saturated carbocycles. The van der Waals surface area contributed by atoms with Crippen LogP contribution in [0.3, 0.4) is 0 Å². The molecule has 82 valence electrons. The molecule has 4 nitrogen and oxygen atoms in total. The maximum absolute atomic E-state index is 11.0. The Labute approximate surface area is 92.5 Å². The number of hydrogen-bond donors (Lipinski definition) is 2. The standard InChI is InChI=1S/C10H14N2O2S/c1-10(2,7-4-3-5-15-7)6-12-9(14)8(11)13/h3-5H,6H2,1-2H3,(H2,11,13)(H,12,14). The van der Waals surface area contributed by atoms with Gasteiger partial charge < -0.3 is 11.1 Å². The summed E-state index contributed by atoms with van der Waals surface area (Å²) >= 11 is 1.62. The summed E-state index contributed by atoms with van der Waals surface area (Å²) in [7, 11) is 0. The molecule has 1 aromatic rings. The monoisotopic (exact) mass is 226 g/mol. The first-order valence-electron chi connectivity index (χ1n) is 4.55. The Morgan fingerprint density at radius 2 is 2.20 bits per heavy atom. The fourth-order valence-electron chi connectivity index (χ4n) is 1.14. The number of primary amides is 1. The fourth-order valence-corrected chi connectivity index (χ4v) is 1.99. The largest absolute Gasteiger partial charge is 0.361 e. The van der Waals surface area contributed by atoms with Gasteiger partial charge in [0.15, 0.2) is 0 Å². The Kier molecular flexibility index (Phi) is 3.47. The molecule has 0 aromatic carbocycles. The van der Waals surface area contributed by atoms with E-state index in [9.17, 15) is 9.59 Å². The Bertz CT molecular complexity index is 358. The molecule has 0 fully saturated rings. The number of amides is 2. The lowest BCUT2D eigenvalue weighted by atomic mass is 9.91. The van der Waals surface area contributed by atoms with Gasteiger partial charge in [0, 0.05) is 16.8 Å². The van der Waals surface area contributed by atoms with Gasteiger partial charge in [-0.2, -0.15) is 0 Å². The Morgan fingerprint density at radius 3 is 2.67 bits per heavy atom. The SMILES string of the molecule is CC(C)(CNC(=O)C(N)=O)c1cccs1. The van der Waals surface area contributed by atoms with Crippen molar-refractivity contribution >= 4 is 23.2 Å². The van der Waals surface area contributed by atoms with Gasteiger partial charge in [-0.05, 0) is 11.4 Å². The zero-order chi connectivity index (χ0) is 11.5. The summed E-state index contributed by atoms with van der Waals surface area (Å²) in [4.78, 5) is 22.7. The van der Waals surface area contributed by atoms with Gasteiger partial charge in [-0.3, -0.25) is 9.59 Å². The second-order valence-electron chi connectivity index (χ2n) is 3.91. The van der Waals surface area contributed by atoms with Crippen molar-refractivity contribution in [3.8, 4) is 0 Å². The smallest absolute Gasteiger partial charge is 0.309 e. The van der Waals surface area contributed by atoms with E-state index >= 15 is 0 Å². The van der Waals surface area contributed by atoms with E-state index in [-0.39, 0.29) is 5.41 Å². The number of thiophene rings is 1. The van der Waals surface area contributed by atoms with Crippen LogP contribution in [0.4, 0.5) is 0 Å². The maximum atomic E-state index is 11.0. The predicted molar refractivity (Wildman–Crippen MR) is 59.5 cm³/mol. The highest BCUT2D eigenvalue weighted by molar-refractivity contribution is 7.10. The highest BCUT2D eigenvalue weighted by atomic mass is 32.1. The molecule has 2 amide bonds. The summed E-state index contributed by atoms with van der Waals surface area (Å²) in [5, 5.41) is 4.48. The van der Waals surface area contributed by atoms with Crippen molar-refractivity contribution < 1.29 is 9.59 Å². The van der Waals surface area contributed by atoms with E-state index in [1.54, 1.807) is 11.3 Å². The third-order valence-corrected chi connectivity index (χ3v) is 3.34. The van der Waals surface area contributed by atoms with Gasteiger partial charge >= 0.3 is 11.8 Å².